The summed E-state index contributed by atoms with van der Waals surface area (Å²) in [5.74, 6) is -0.148. The molecular formula is C18H28N2O4S. The van der Waals surface area contributed by atoms with E-state index in [0.29, 0.717) is 0 Å². The molecule has 0 spiro atoms. The molecule has 1 aromatic rings. The lowest BCUT2D eigenvalue weighted by atomic mass is 9.89. The minimum Gasteiger partial charge on any atom is -0.395 e. The number of rotatable bonds is 8. The van der Waals surface area contributed by atoms with Crippen molar-refractivity contribution < 1.29 is 18.6 Å². The first-order valence-corrected chi connectivity index (χ1v) is 10.2. The Morgan fingerprint density at radius 2 is 1.72 bits per heavy atom. The number of para-hydroxylation sites is 1. The van der Waals surface area contributed by atoms with Crippen LogP contribution in [0, 0.1) is 0 Å². The van der Waals surface area contributed by atoms with Crippen molar-refractivity contribution in [1.29, 1.82) is 0 Å². The second-order valence-electron chi connectivity index (χ2n) is 6.69. The molecule has 0 bridgehead atoms. The van der Waals surface area contributed by atoms with E-state index in [0.717, 1.165) is 27.7 Å². The normalized spacial score (nSPS) is 16.7. The zero-order chi connectivity index (χ0) is 18.7. The van der Waals surface area contributed by atoms with Crippen molar-refractivity contribution in [3.05, 3.63) is 35.9 Å². The van der Waals surface area contributed by atoms with Crippen LogP contribution in [0.25, 0.3) is 5.57 Å². The summed E-state index contributed by atoms with van der Waals surface area (Å²) in [5.41, 5.74) is 2.40. The van der Waals surface area contributed by atoms with Gasteiger partial charge in [-0.1, -0.05) is 24.3 Å². The number of sulfonamides is 1. The van der Waals surface area contributed by atoms with Gasteiger partial charge in [-0.2, -0.15) is 4.31 Å². The molecule has 1 aromatic carbocycles. The molecule has 6 nitrogen and oxygen atoms in total. The van der Waals surface area contributed by atoms with Gasteiger partial charge in [0.15, 0.2) is 0 Å². The number of hydrogen-bond acceptors (Lipinski definition) is 5. The highest BCUT2D eigenvalue weighted by molar-refractivity contribution is 7.89. The quantitative estimate of drug-likeness (QED) is 0.723. The van der Waals surface area contributed by atoms with Crippen LogP contribution < -0.4 is 4.90 Å². The Morgan fingerprint density at radius 3 is 2.28 bits per heavy atom. The topological polar surface area (TPSA) is 81.1 Å². The summed E-state index contributed by atoms with van der Waals surface area (Å²) in [7, 11) is -3.64. The number of likely N-dealkylation sites (N-methyl/N-ethyl adjacent to an activating group) is 1. The minimum atomic E-state index is -3.64. The summed E-state index contributed by atoms with van der Waals surface area (Å²) in [5, 5.41) is 18.3. The van der Waals surface area contributed by atoms with Crippen LogP contribution >= 0.6 is 0 Å². The molecule has 140 valence electrons. The number of anilines is 1. The van der Waals surface area contributed by atoms with Gasteiger partial charge >= 0.3 is 0 Å². The number of aliphatic hydroxyl groups is 2. The van der Waals surface area contributed by atoms with Gasteiger partial charge < -0.3 is 15.1 Å². The van der Waals surface area contributed by atoms with Gasteiger partial charge in [0.2, 0.25) is 10.0 Å². The molecule has 2 N–H and O–H groups in total. The van der Waals surface area contributed by atoms with Gasteiger partial charge in [-0.05, 0) is 32.4 Å². The maximum atomic E-state index is 12.8. The smallest absolute Gasteiger partial charge is 0.218 e. The standard InChI is InChI=1S/C18H28N2O4S/c1-4-20-17-8-6-5-7-16(17)15(13-18(20,2)3)14-25(23,24)19(9-11-21)10-12-22/h5-8,13,21-22H,4,9-12,14H2,1-3H3. The predicted molar refractivity (Wildman–Crippen MR) is 101 cm³/mol. The van der Waals surface area contributed by atoms with Crippen LogP contribution in [0.4, 0.5) is 5.69 Å². The third kappa shape index (κ3) is 4.23. The highest BCUT2D eigenvalue weighted by Crippen LogP contribution is 2.39. The Bertz CT molecular complexity index is 722. The summed E-state index contributed by atoms with van der Waals surface area (Å²) in [6.07, 6.45) is 2.01. The fourth-order valence-electron chi connectivity index (χ4n) is 3.47. The number of hydrogen-bond donors (Lipinski definition) is 2. The van der Waals surface area contributed by atoms with Crippen LogP contribution in [0.2, 0.25) is 0 Å². The van der Waals surface area contributed by atoms with Crippen molar-refractivity contribution in [3.63, 3.8) is 0 Å². The van der Waals surface area contributed by atoms with E-state index >= 15 is 0 Å². The molecule has 25 heavy (non-hydrogen) atoms. The van der Waals surface area contributed by atoms with Crippen LogP contribution in [0.15, 0.2) is 30.3 Å². The first-order chi connectivity index (χ1) is 11.8. The second-order valence-corrected chi connectivity index (χ2v) is 8.66. The van der Waals surface area contributed by atoms with Crippen LogP contribution in [0.3, 0.4) is 0 Å². The first kappa shape index (κ1) is 19.9. The molecule has 0 atom stereocenters. The number of benzene rings is 1. The van der Waals surface area contributed by atoms with Gasteiger partial charge in [0.1, 0.15) is 0 Å². The molecule has 1 aliphatic heterocycles. The minimum absolute atomic E-state index is 0.0116. The molecule has 0 unspecified atom stereocenters. The molecule has 1 aliphatic rings. The average molecular weight is 368 g/mol. The van der Waals surface area contributed by atoms with E-state index in [9.17, 15) is 8.42 Å². The maximum absolute atomic E-state index is 12.8. The van der Waals surface area contributed by atoms with Crippen LogP contribution in [-0.4, -0.2) is 67.1 Å². The summed E-state index contributed by atoms with van der Waals surface area (Å²) >= 11 is 0. The number of nitrogens with zero attached hydrogens (tertiary/aromatic N) is 2. The highest BCUT2D eigenvalue weighted by atomic mass is 32.2. The maximum Gasteiger partial charge on any atom is 0.218 e. The number of aliphatic hydroxyl groups excluding tert-OH is 2. The van der Waals surface area contributed by atoms with Crippen LogP contribution in [-0.2, 0) is 10.0 Å². The molecule has 0 aliphatic carbocycles. The van der Waals surface area contributed by atoms with Gasteiger partial charge in [-0.25, -0.2) is 8.42 Å². The van der Waals surface area contributed by atoms with Gasteiger partial charge in [0.05, 0.1) is 24.5 Å². The molecule has 0 aromatic heterocycles. The predicted octanol–water partition coefficient (Wildman–Crippen LogP) is 1.30. The summed E-state index contributed by atoms with van der Waals surface area (Å²) in [4.78, 5) is 2.25. The van der Waals surface area contributed by atoms with Crippen molar-refractivity contribution in [1.82, 2.24) is 4.31 Å². The van der Waals surface area contributed by atoms with Crippen molar-refractivity contribution >= 4 is 21.3 Å². The third-order valence-electron chi connectivity index (χ3n) is 4.51. The van der Waals surface area contributed by atoms with E-state index in [1.54, 1.807) is 0 Å². The third-order valence-corrected chi connectivity index (χ3v) is 6.34. The SMILES string of the molecule is CCN1c2ccccc2C(CS(=O)(=O)N(CCO)CCO)=CC1(C)C. The Hall–Kier alpha value is -1.41. The van der Waals surface area contributed by atoms with Crippen LogP contribution in [0.1, 0.15) is 26.3 Å². The molecule has 0 amide bonds. The molecule has 0 radical (unpaired) electrons. The largest absolute Gasteiger partial charge is 0.395 e. The highest BCUT2D eigenvalue weighted by Gasteiger charge is 2.33. The van der Waals surface area contributed by atoms with Crippen molar-refractivity contribution in [2.75, 3.05) is 43.5 Å². The Kier molecular flexibility index (Phi) is 6.26. The zero-order valence-electron chi connectivity index (χ0n) is 15.1. The van der Waals surface area contributed by atoms with E-state index in [1.807, 2.05) is 30.3 Å². The van der Waals surface area contributed by atoms with E-state index < -0.39 is 10.0 Å². The van der Waals surface area contributed by atoms with Crippen LogP contribution in [0.5, 0.6) is 0 Å². The molecular weight excluding hydrogens is 340 g/mol. The fraction of sp³-hybridized carbons (Fsp3) is 0.556. The van der Waals surface area contributed by atoms with Crippen molar-refractivity contribution in [2.24, 2.45) is 0 Å². The Balaban J connectivity index is 2.43. The van der Waals surface area contributed by atoms with E-state index in [1.165, 1.54) is 0 Å². The van der Waals surface area contributed by atoms with E-state index in [4.69, 9.17) is 10.2 Å². The second kappa shape index (κ2) is 7.86. The zero-order valence-corrected chi connectivity index (χ0v) is 16.0. The Labute approximate surface area is 150 Å². The average Bonchev–Trinajstić information content (AvgIpc) is 2.54. The van der Waals surface area contributed by atoms with Gasteiger partial charge in [-0.15, -0.1) is 0 Å². The molecule has 0 saturated carbocycles. The first-order valence-electron chi connectivity index (χ1n) is 8.55. The van der Waals surface area contributed by atoms with Crippen molar-refractivity contribution in [3.8, 4) is 0 Å². The summed E-state index contributed by atoms with van der Waals surface area (Å²) in [6, 6.07) is 7.82. The van der Waals surface area contributed by atoms with Gasteiger partial charge in [0, 0.05) is 30.9 Å². The van der Waals surface area contributed by atoms with Crippen molar-refractivity contribution in [2.45, 2.75) is 26.3 Å². The monoisotopic (exact) mass is 368 g/mol. The lowest BCUT2D eigenvalue weighted by Crippen LogP contribution is -2.46. The molecule has 2 rings (SSSR count). The van der Waals surface area contributed by atoms with Gasteiger partial charge in [0.25, 0.3) is 0 Å². The summed E-state index contributed by atoms with van der Waals surface area (Å²) in [6.45, 7) is 6.47. The van der Waals surface area contributed by atoms with Gasteiger partial charge in [-0.3, -0.25) is 0 Å². The molecule has 7 heteroatoms. The fourth-order valence-corrected chi connectivity index (χ4v) is 5.01. The molecule has 0 saturated heterocycles. The van der Waals surface area contributed by atoms with E-state index in [-0.39, 0.29) is 37.6 Å². The number of fused-ring (bicyclic) bond motifs is 1. The molecule has 1 heterocycles. The summed E-state index contributed by atoms with van der Waals surface area (Å²) < 4.78 is 26.7. The molecule has 0 fully saturated rings. The lowest BCUT2D eigenvalue weighted by Gasteiger charge is -2.43. The Morgan fingerprint density at radius 1 is 1.12 bits per heavy atom. The lowest BCUT2D eigenvalue weighted by molar-refractivity contribution is 0.218. The van der Waals surface area contributed by atoms with E-state index in [2.05, 4.69) is 25.7 Å².